The molecule has 0 amide bonds. The number of ether oxygens (including phenoxy) is 2. The van der Waals surface area contributed by atoms with E-state index >= 15 is 0 Å². The molecule has 0 aliphatic rings. The van der Waals surface area contributed by atoms with Crippen molar-refractivity contribution < 1.29 is 9.47 Å². The van der Waals surface area contributed by atoms with E-state index in [4.69, 9.17) is 9.47 Å². The van der Waals surface area contributed by atoms with Crippen LogP contribution in [-0.2, 0) is 0 Å². The molecule has 2 aromatic rings. The molecule has 8 heteroatoms. The third kappa shape index (κ3) is 3.45. The summed E-state index contributed by atoms with van der Waals surface area (Å²) in [6.45, 7) is 4.89. The number of hydrogen-bond donors (Lipinski definition) is 1. The van der Waals surface area contributed by atoms with Gasteiger partial charge in [0.1, 0.15) is 5.69 Å². The van der Waals surface area contributed by atoms with Crippen LogP contribution in [0.4, 0.5) is 0 Å². The molecule has 2 rings (SSSR count). The maximum atomic E-state index is 5.36. The van der Waals surface area contributed by atoms with Crippen LogP contribution in [0.3, 0.4) is 0 Å². The normalized spacial score (nSPS) is 12.2. The largest absolute Gasteiger partial charge is 0.480 e. The van der Waals surface area contributed by atoms with E-state index in [1.807, 2.05) is 6.92 Å². The van der Waals surface area contributed by atoms with E-state index in [0.29, 0.717) is 17.5 Å². The van der Waals surface area contributed by atoms with Crippen LogP contribution in [0.2, 0.25) is 0 Å². The first-order chi connectivity index (χ1) is 10.2. The zero-order valence-corrected chi connectivity index (χ0v) is 13.4. The highest BCUT2D eigenvalue weighted by Crippen LogP contribution is 2.31. The van der Waals surface area contributed by atoms with Crippen LogP contribution in [0.15, 0.2) is 6.20 Å². The fourth-order valence-electron chi connectivity index (χ4n) is 1.92. The number of aromatic nitrogens is 4. The van der Waals surface area contributed by atoms with E-state index in [1.54, 1.807) is 20.4 Å². The monoisotopic (exact) mass is 309 g/mol. The lowest BCUT2D eigenvalue weighted by atomic mass is 10.1. The number of nitrogens with zero attached hydrogens (tertiary/aromatic N) is 4. The zero-order valence-electron chi connectivity index (χ0n) is 12.6. The van der Waals surface area contributed by atoms with Gasteiger partial charge in [-0.3, -0.25) is 0 Å². The maximum Gasteiger partial charge on any atom is 0.240 e. The lowest BCUT2D eigenvalue weighted by Gasteiger charge is -2.18. The van der Waals surface area contributed by atoms with Crippen molar-refractivity contribution >= 4 is 11.5 Å². The molecule has 2 heterocycles. The molecule has 7 nitrogen and oxygen atoms in total. The number of nitrogens with one attached hydrogen (secondary N) is 1. The molecule has 1 N–H and O–H groups in total. The standard InChI is InChI=1S/C13H19N5O2S/c1-5-6-14-10(12-8(2)17-18-21-12)11-13(20-4)16-9(19-3)7-15-11/h7,10,14H,5-6H2,1-4H3. The molecular formula is C13H19N5O2S. The molecule has 0 saturated heterocycles. The molecule has 2 aromatic heterocycles. The summed E-state index contributed by atoms with van der Waals surface area (Å²) in [7, 11) is 3.12. The second-order valence-electron chi connectivity index (χ2n) is 4.42. The van der Waals surface area contributed by atoms with Crippen LogP contribution >= 0.6 is 11.5 Å². The quantitative estimate of drug-likeness (QED) is 0.834. The lowest BCUT2D eigenvalue weighted by Crippen LogP contribution is -2.25. The Morgan fingerprint density at radius 1 is 1.33 bits per heavy atom. The Kier molecular flexibility index (Phi) is 5.40. The number of rotatable bonds is 7. The Morgan fingerprint density at radius 2 is 2.14 bits per heavy atom. The summed E-state index contributed by atoms with van der Waals surface area (Å²) < 4.78 is 14.5. The molecule has 0 spiro atoms. The van der Waals surface area contributed by atoms with Gasteiger partial charge in [-0.05, 0) is 31.4 Å². The molecule has 0 aromatic carbocycles. The highest BCUT2D eigenvalue weighted by atomic mass is 32.1. The first-order valence-corrected chi connectivity index (χ1v) is 7.45. The average molecular weight is 309 g/mol. The topological polar surface area (TPSA) is 82.1 Å². The molecule has 0 saturated carbocycles. The van der Waals surface area contributed by atoms with Gasteiger partial charge in [0.15, 0.2) is 0 Å². The maximum absolute atomic E-state index is 5.36. The third-order valence-corrected chi connectivity index (χ3v) is 3.86. The van der Waals surface area contributed by atoms with Crippen LogP contribution in [0.25, 0.3) is 0 Å². The van der Waals surface area contributed by atoms with Crippen LogP contribution in [0.1, 0.15) is 35.7 Å². The summed E-state index contributed by atoms with van der Waals surface area (Å²) in [4.78, 5) is 9.76. The van der Waals surface area contributed by atoms with Crippen molar-refractivity contribution in [2.24, 2.45) is 0 Å². The van der Waals surface area contributed by atoms with Crippen molar-refractivity contribution in [3.63, 3.8) is 0 Å². The summed E-state index contributed by atoms with van der Waals surface area (Å²) in [6, 6.07) is -0.140. The fourth-order valence-corrected chi connectivity index (χ4v) is 2.64. The van der Waals surface area contributed by atoms with Gasteiger partial charge in [0.2, 0.25) is 11.8 Å². The Balaban J connectivity index is 2.43. The van der Waals surface area contributed by atoms with E-state index in [2.05, 4.69) is 31.8 Å². The van der Waals surface area contributed by atoms with Gasteiger partial charge in [0.05, 0.1) is 37.0 Å². The van der Waals surface area contributed by atoms with Gasteiger partial charge in [0, 0.05) is 0 Å². The molecule has 114 valence electrons. The second-order valence-corrected chi connectivity index (χ2v) is 5.20. The predicted octanol–water partition coefficient (Wildman–Crippen LogP) is 1.74. The van der Waals surface area contributed by atoms with Gasteiger partial charge in [-0.25, -0.2) is 4.98 Å². The Bertz CT molecular complexity index is 590. The predicted molar refractivity (Wildman–Crippen MR) is 79.9 cm³/mol. The minimum atomic E-state index is -0.140. The van der Waals surface area contributed by atoms with E-state index in [1.165, 1.54) is 11.5 Å². The minimum Gasteiger partial charge on any atom is -0.480 e. The smallest absolute Gasteiger partial charge is 0.240 e. The minimum absolute atomic E-state index is 0.140. The van der Waals surface area contributed by atoms with Gasteiger partial charge in [-0.2, -0.15) is 4.98 Å². The van der Waals surface area contributed by atoms with Crippen LogP contribution in [0.5, 0.6) is 11.8 Å². The van der Waals surface area contributed by atoms with E-state index in [9.17, 15) is 0 Å². The molecule has 1 unspecified atom stereocenters. The number of methoxy groups -OCH3 is 2. The molecule has 1 atom stereocenters. The SMILES string of the molecule is CCCNC(c1ncc(OC)nc1OC)c1snnc1C. The number of aryl methyl sites for hydroxylation is 1. The highest BCUT2D eigenvalue weighted by molar-refractivity contribution is 7.05. The van der Waals surface area contributed by atoms with Gasteiger partial charge < -0.3 is 14.8 Å². The van der Waals surface area contributed by atoms with Crippen molar-refractivity contribution in [2.45, 2.75) is 26.3 Å². The van der Waals surface area contributed by atoms with E-state index in [0.717, 1.165) is 23.5 Å². The number of hydrogen-bond acceptors (Lipinski definition) is 8. The van der Waals surface area contributed by atoms with Gasteiger partial charge >= 0.3 is 0 Å². The molecular weight excluding hydrogens is 290 g/mol. The van der Waals surface area contributed by atoms with Gasteiger partial charge in [-0.1, -0.05) is 11.4 Å². The summed E-state index contributed by atoms with van der Waals surface area (Å²) in [5.41, 5.74) is 1.59. The molecule has 0 aliphatic carbocycles. The van der Waals surface area contributed by atoms with Gasteiger partial charge in [-0.15, -0.1) is 5.10 Å². The third-order valence-electron chi connectivity index (χ3n) is 2.97. The van der Waals surface area contributed by atoms with E-state index in [-0.39, 0.29) is 6.04 Å². The first-order valence-electron chi connectivity index (χ1n) is 6.68. The summed E-state index contributed by atoms with van der Waals surface area (Å²) in [6.07, 6.45) is 2.59. The summed E-state index contributed by atoms with van der Waals surface area (Å²) in [5.74, 6) is 0.861. The van der Waals surface area contributed by atoms with Crippen LogP contribution in [0, 0.1) is 6.92 Å². The highest BCUT2D eigenvalue weighted by Gasteiger charge is 2.25. The van der Waals surface area contributed by atoms with Crippen molar-refractivity contribution in [2.75, 3.05) is 20.8 Å². The van der Waals surface area contributed by atoms with Crippen molar-refractivity contribution in [3.05, 3.63) is 22.5 Å². The Morgan fingerprint density at radius 3 is 2.71 bits per heavy atom. The summed E-state index contributed by atoms with van der Waals surface area (Å²) in [5, 5.41) is 7.52. The van der Waals surface area contributed by atoms with Crippen molar-refractivity contribution in [3.8, 4) is 11.8 Å². The first kappa shape index (κ1) is 15.6. The lowest BCUT2D eigenvalue weighted by molar-refractivity contribution is 0.352. The fraction of sp³-hybridized carbons (Fsp3) is 0.538. The molecule has 0 aliphatic heterocycles. The average Bonchev–Trinajstić information content (AvgIpc) is 2.94. The Hall–Kier alpha value is -1.80. The van der Waals surface area contributed by atoms with Crippen molar-refractivity contribution in [1.82, 2.24) is 24.9 Å². The zero-order chi connectivity index (χ0) is 15.2. The molecule has 21 heavy (non-hydrogen) atoms. The second kappa shape index (κ2) is 7.28. The van der Waals surface area contributed by atoms with Crippen molar-refractivity contribution in [1.29, 1.82) is 0 Å². The molecule has 0 bridgehead atoms. The Labute approximate surface area is 127 Å². The van der Waals surface area contributed by atoms with E-state index < -0.39 is 0 Å². The van der Waals surface area contributed by atoms with Crippen LogP contribution in [-0.4, -0.2) is 40.3 Å². The molecule has 0 fully saturated rings. The summed E-state index contributed by atoms with van der Waals surface area (Å²) >= 11 is 1.35. The van der Waals surface area contributed by atoms with Gasteiger partial charge in [0.25, 0.3) is 0 Å². The van der Waals surface area contributed by atoms with Crippen LogP contribution < -0.4 is 14.8 Å². The molecule has 0 radical (unpaired) electrons.